The number of non-ortho nitro benzene ring substituents is 1. The van der Waals surface area contributed by atoms with Crippen LogP contribution in [0, 0.1) is 10.1 Å². The molecule has 28 heavy (non-hydrogen) atoms. The number of hydrogen-bond donors (Lipinski definition) is 3. The van der Waals surface area contributed by atoms with E-state index in [1.807, 2.05) is 6.07 Å². The predicted octanol–water partition coefficient (Wildman–Crippen LogP) is -0.971. The third-order valence-electron chi connectivity index (χ3n) is 4.86. The summed E-state index contributed by atoms with van der Waals surface area (Å²) >= 11 is 0. The zero-order chi connectivity index (χ0) is 19.8. The first-order valence-electron chi connectivity index (χ1n) is 9.37. The Balaban J connectivity index is 1.40. The molecule has 1 fully saturated rings. The van der Waals surface area contributed by atoms with Crippen molar-refractivity contribution in [3.63, 3.8) is 0 Å². The second kappa shape index (κ2) is 9.72. The molecule has 0 saturated carbocycles. The van der Waals surface area contributed by atoms with Gasteiger partial charge in [-0.15, -0.1) is 0 Å². The lowest BCUT2D eigenvalue weighted by Crippen LogP contribution is -3.28. The van der Waals surface area contributed by atoms with Crippen molar-refractivity contribution in [1.29, 1.82) is 0 Å². The van der Waals surface area contributed by atoms with Crippen LogP contribution in [-0.2, 0) is 11.3 Å². The summed E-state index contributed by atoms with van der Waals surface area (Å²) in [6.45, 7) is 5.37. The lowest BCUT2D eigenvalue weighted by molar-refractivity contribution is -1.02. The smallest absolute Gasteiger partial charge is 0.295 e. The van der Waals surface area contributed by atoms with Crippen LogP contribution in [0.2, 0.25) is 0 Å². The van der Waals surface area contributed by atoms with Gasteiger partial charge in [0, 0.05) is 23.3 Å². The molecule has 0 bridgehead atoms. The number of amides is 1. The number of hydrogen-bond acceptors (Lipinski definition) is 4. The number of nitrogens with zero attached hydrogens (tertiary/aromatic N) is 2. The fourth-order valence-corrected chi connectivity index (χ4v) is 3.36. The first-order chi connectivity index (χ1) is 13.6. The Kier molecular flexibility index (Phi) is 6.83. The topological polar surface area (TPSA) is 93.5 Å². The minimum absolute atomic E-state index is 0.00408. The van der Waals surface area contributed by atoms with Gasteiger partial charge in [0.1, 0.15) is 32.7 Å². The molecule has 146 valence electrons. The third kappa shape index (κ3) is 5.97. The second-order valence-corrected chi connectivity index (χ2v) is 6.98. The van der Waals surface area contributed by atoms with E-state index < -0.39 is 4.92 Å². The maximum absolute atomic E-state index is 12.1. The van der Waals surface area contributed by atoms with E-state index in [-0.39, 0.29) is 11.6 Å². The first kappa shape index (κ1) is 19.7. The molecule has 0 radical (unpaired) electrons. The maximum atomic E-state index is 12.1. The van der Waals surface area contributed by atoms with Crippen LogP contribution in [0.3, 0.4) is 0 Å². The molecular formula is C20H25N5O3+2. The van der Waals surface area contributed by atoms with Crippen molar-refractivity contribution >= 4 is 17.8 Å². The number of quaternary nitrogens is 2. The van der Waals surface area contributed by atoms with E-state index in [0.29, 0.717) is 12.1 Å². The molecule has 0 unspecified atom stereocenters. The highest BCUT2D eigenvalue weighted by Crippen LogP contribution is 2.11. The number of carbonyl (C=O) groups excluding carboxylic acids is 1. The summed E-state index contributed by atoms with van der Waals surface area (Å²) in [4.78, 5) is 25.2. The van der Waals surface area contributed by atoms with E-state index >= 15 is 0 Å². The van der Waals surface area contributed by atoms with Gasteiger partial charge in [-0.25, -0.2) is 5.43 Å². The summed E-state index contributed by atoms with van der Waals surface area (Å²) in [6.07, 6.45) is 1.42. The fraction of sp³-hybridized carbons (Fsp3) is 0.300. The number of benzene rings is 2. The molecule has 1 saturated heterocycles. The molecule has 1 aliphatic heterocycles. The van der Waals surface area contributed by atoms with E-state index in [1.54, 1.807) is 17.0 Å². The molecule has 0 atom stereocenters. The van der Waals surface area contributed by atoms with Gasteiger partial charge in [0.15, 0.2) is 6.54 Å². The lowest BCUT2D eigenvalue weighted by atomic mass is 10.2. The molecule has 3 rings (SSSR count). The summed E-state index contributed by atoms with van der Waals surface area (Å²) < 4.78 is 0. The molecule has 1 amide bonds. The Labute approximate surface area is 163 Å². The first-order valence-corrected chi connectivity index (χ1v) is 9.37. The Morgan fingerprint density at radius 3 is 2.50 bits per heavy atom. The molecule has 0 spiro atoms. The molecule has 3 N–H and O–H groups in total. The minimum Gasteiger partial charge on any atom is -0.322 e. The summed E-state index contributed by atoms with van der Waals surface area (Å²) in [7, 11) is 0. The molecule has 1 aliphatic rings. The van der Waals surface area contributed by atoms with Crippen molar-refractivity contribution in [3.05, 3.63) is 75.8 Å². The molecule has 0 aliphatic carbocycles. The van der Waals surface area contributed by atoms with Crippen LogP contribution >= 0.6 is 0 Å². The number of nitrogens with one attached hydrogen (secondary N) is 3. The molecule has 2 aromatic rings. The zero-order valence-corrected chi connectivity index (χ0v) is 15.6. The highest BCUT2D eigenvalue weighted by Gasteiger charge is 2.24. The van der Waals surface area contributed by atoms with Crippen LogP contribution in [0.15, 0.2) is 59.7 Å². The summed E-state index contributed by atoms with van der Waals surface area (Å²) in [5.74, 6) is -0.150. The largest absolute Gasteiger partial charge is 0.322 e. The van der Waals surface area contributed by atoms with E-state index in [9.17, 15) is 14.9 Å². The SMILES string of the molecule is O=C(C[NH+]1CC[NH+](Cc2ccccc2)CC1)N/N=C\c1cccc([N+](=O)[O-])c1. The maximum Gasteiger partial charge on any atom is 0.295 e. The molecule has 1 heterocycles. The summed E-state index contributed by atoms with van der Waals surface area (Å²) in [6, 6.07) is 16.6. The number of piperazine rings is 1. The van der Waals surface area contributed by atoms with Crippen LogP contribution < -0.4 is 15.2 Å². The zero-order valence-electron chi connectivity index (χ0n) is 15.6. The predicted molar refractivity (Wildman–Crippen MR) is 105 cm³/mol. The van der Waals surface area contributed by atoms with Gasteiger partial charge in [0.05, 0.1) is 11.1 Å². The standard InChI is InChI=1S/C20H23N5O3/c26-20(22-21-14-18-7-4-8-19(13-18)25(27)28)16-24-11-9-23(10-12-24)15-17-5-2-1-3-6-17/h1-8,13-14H,9-12,15-16H2,(H,22,26)/p+2/b21-14-. The highest BCUT2D eigenvalue weighted by atomic mass is 16.6. The normalized spacial score (nSPS) is 19.4. The highest BCUT2D eigenvalue weighted by molar-refractivity contribution is 5.83. The molecule has 8 nitrogen and oxygen atoms in total. The Hall–Kier alpha value is -3.10. The monoisotopic (exact) mass is 383 g/mol. The van der Waals surface area contributed by atoms with E-state index in [4.69, 9.17) is 0 Å². The fourth-order valence-electron chi connectivity index (χ4n) is 3.36. The van der Waals surface area contributed by atoms with Gasteiger partial charge in [-0.3, -0.25) is 14.9 Å². The summed E-state index contributed by atoms with van der Waals surface area (Å²) in [5, 5.41) is 14.7. The van der Waals surface area contributed by atoms with E-state index in [0.717, 1.165) is 32.7 Å². The quantitative estimate of drug-likeness (QED) is 0.326. The van der Waals surface area contributed by atoms with Crippen LogP contribution in [0.4, 0.5) is 5.69 Å². The Bertz CT molecular complexity index is 833. The number of nitro benzene ring substituents is 1. The van der Waals surface area contributed by atoms with Crippen LogP contribution in [-0.4, -0.2) is 49.8 Å². The van der Waals surface area contributed by atoms with Gasteiger partial charge in [-0.05, 0) is 0 Å². The number of carbonyl (C=O) groups is 1. The second-order valence-electron chi connectivity index (χ2n) is 6.98. The van der Waals surface area contributed by atoms with Crippen molar-refractivity contribution in [3.8, 4) is 0 Å². The number of rotatable bonds is 7. The van der Waals surface area contributed by atoms with Crippen molar-refractivity contribution < 1.29 is 19.5 Å². The third-order valence-corrected chi connectivity index (χ3v) is 4.86. The van der Waals surface area contributed by atoms with Crippen LogP contribution in [0.25, 0.3) is 0 Å². The van der Waals surface area contributed by atoms with Gasteiger partial charge < -0.3 is 9.80 Å². The average Bonchev–Trinajstić information content (AvgIpc) is 2.70. The van der Waals surface area contributed by atoms with Gasteiger partial charge >= 0.3 is 0 Å². The van der Waals surface area contributed by atoms with Crippen molar-refractivity contribution in [2.45, 2.75) is 6.54 Å². The van der Waals surface area contributed by atoms with Crippen molar-refractivity contribution in [2.24, 2.45) is 5.10 Å². The molecule has 2 aromatic carbocycles. The minimum atomic E-state index is -0.460. The van der Waals surface area contributed by atoms with E-state index in [1.165, 1.54) is 28.8 Å². The Morgan fingerprint density at radius 1 is 1.07 bits per heavy atom. The Morgan fingerprint density at radius 2 is 1.79 bits per heavy atom. The van der Waals surface area contributed by atoms with Crippen molar-refractivity contribution in [2.75, 3.05) is 32.7 Å². The van der Waals surface area contributed by atoms with Crippen molar-refractivity contribution in [1.82, 2.24) is 5.43 Å². The van der Waals surface area contributed by atoms with Crippen LogP contribution in [0.1, 0.15) is 11.1 Å². The molecule has 0 aromatic heterocycles. The lowest BCUT2D eigenvalue weighted by Gasteiger charge is -2.29. The number of nitro groups is 1. The molecular weight excluding hydrogens is 358 g/mol. The molecule has 8 heteroatoms. The number of hydrazone groups is 1. The van der Waals surface area contributed by atoms with Gasteiger partial charge in [0.25, 0.3) is 11.6 Å². The van der Waals surface area contributed by atoms with Gasteiger partial charge in [0.2, 0.25) is 0 Å². The van der Waals surface area contributed by atoms with E-state index in [2.05, 4.69) is 34.8 Å². The van der Waals surface area contributed by atoms with Gasteiger partial charge in [-0.1, -0.05) is 42.5 Å². The van der Waals surface area contributed by atoms with Crippen LogP contribution in [0.5, 0.6) is 0 Å². The average molecular weight is 383 g/mol. The van der Waals surface area contributed by atoms with Gasteiger partial charge in [-0.2, -0.15) is 5.10 Å². The summed E-state index contributed by atoms with van der Waals surface area (Å²) in [5.41, 5.74) is 4.42.